The molecule has 2 aromatic rings. The van der Waals surface area contributed by atoms with E-state index in [4.69, 9.17) is 0 Å². The lowest BCUT2D eigenvalue weighted by Crippen LogP contribution is -2.28. The van der Waals surface area contributed by atoms with Gasteiger partial charge in [0.1, 0.15) is 0 Å². The van der Waals surface area contributed by atoms with Gasteiger partial charge in [0.15, 0.2) is 0 Å². The van der Waals surface area contributed by atoms with E-state index in [1.807, 2.05) is 31.2 Å². The Kier molecular flexibility index (Phi) is 8.06. The fourth-order valence-electron chi connectivity index (χ4n) is 3.15. The molecule has 2 aromatic carbocycles. The molecule has 0 amide bonds. The van der Waals surface area contributed by atoms with Crippen LogP contribution < -0.4 is 4.72 Å². The van der Waals surface area contributed by atoms with Gasteiger partial charge in [-0.1, -0.05) is 70.5 Å². The maximum atomic E-state index is 12.8. The molecule has 2 atom stereocenters. The zero-order chi connectivity index (χ0) is 19.9. The van der Waals surface area contributed by atoms with E-state index in [1.54, 1.807) is 12.1 Å². The zero-order valence-corrected chi connectivity index (χ0v) is 17.9. The van der Waals surface area contributed by atoms with Crippen molar-refractivity contribution in [2.45, 2.75) is 76.7 Å². The Morgan fingerprint density at radius 3 is 1.96 bits per heavy atom. The topological polar surface area (TPSA) is 46.2 Å². The highest BCUT2D eigenvalue weighted by Gasteiger charge is 2.20. The Balaban J connectivity index is 2.14. The van der Waals surface area contributed by atoms with E-state index in [0.717, 1.165) is 31.2 Å². The van der Waals surface area contributed by atoms with E-state index in [-0.39, 0.29) is 6.04 Å². The number of unbranched alkanes of at least 4 members (excludes halogenated alkanes) is 1. The predicted octanol–water partition coefficient (Wildman–Crippen LogP) is 5.97. The second-order valence-corrected chi connectivity index (χ2v) is 9.02. The summed E-state index contributed by atoms with van der Waals surface area (Å²) in [5, 5.41) is 0. The number of hydrogen-bond acceptors (Lipinski definition) is 2. The number of aryl methyl sites for hydroxylation is 1. The van der Waals surface area contributed by atoms with Crippen LogP contribution in [0.2, 0.25) is 0 Å². The van der Waals surface area contributed by atoms with Crippen LogP contribution in [0.5, 0.6) is 0 Å². The van der Waals surface area contributed by atoms with Crippen LogP contribution >= 0.6 is 0 Å². The summed E-state index contributed by atoms with van der Waals surface area (Å²) in [6.07, 6.45) is 5.04. The van der Waals surface area contributed by atoms with Gasteiger partial charge < -0.3 is 0 Å². The van der Waals surface area contributed by atoms with Crippen LogP contribution in [0.1, 0.15) is 82.0 Å². The van der Waals surface area contributed by atoms with Gasteiger partial charge in [0.2, 0.25) is 10.0 Å². The molecule has 2 unspecified atom stereocenters. The van der Waals surface area contributed by atoms with Crippen molar-refractivity contribution in [2.24, 2.45) is 0 Å². The standard InChI is InChI=1S/C23H33NO2S/c1-5-8-9-19-10-16-22(17-11-19)27(25,26)24-23(7-3)21-14-12-20(13-15-21)18(4)6-2/h10-18,23-24H,5-9H2,1-4H3. The van der Waals surface area contributed by atoms with Crippen molar-refractivity contribution in [3.05, 3.63) is 65.2 Å². The fourth-order valence-corrected chi connectivity index (χ4v) is 4.46. The number of hydrogen-bond donors (Lipinski definition) is 1. The molecule has 0 radical (unpaired) electrons. The molecule has 0 heterocycles. The maximum Gasteiger partial charge on any atom is 0.241 e. The molecule has 27 heavy (non-hydrogen) atoms. The molecule has 4 heteroatoms. The Morgan fingerprint density at radius 1 is 0.852 bits per heavy atom. The van der Waals surface area contributed by atoms with Crippen LogP contribution in [-0.4, -0.2) is 8.42 Å². The maximum absolute atomic E-state index is 12.8. The molecule has 3 nitrogen and oxygen atoms in total. The Labute approximate surface area is 165 Å². The van der Waals surface area contributed by atoms with Crippen LogP contribution in [0.25, 0.3) is 0 Å². The quantitative estimate of drug-likeness (QED) is 0.546. The third kappa shape index (κ3) is 5.91. The summed E-state index contributed by atoms with van der Waals surface area (Å²) >= 11 is 0. The lowest BCUT2D eigenvalue weighted by Gasteiger charge is -2.19. The number of rotatable bonds is 10. The highest BCUT2D eigenvalue weighted by Crippen LogP contribution is 2.24. The molecule has 0 saturated carbocycles. The van der Waals surface area contributed by atoms with Crippen molar-refractivity contribution in [1.29, 1.82) is 0 Å². The first kappa shape index (κ1) is 21.6. The highest BCUT2D eigenvalue weighted by molar-refractivity contribution is 7.89. The van der Waals surface area contributed by atoms with Gasteiger partial charge in [-0.25, -0.2) is 13.1 Å². The third-order valence-corrected chi connectivity index (χ3v) is 6.77. The van der Waals surface area contributed by atoms with Gasteiger partial charge in [-0.15, -0.1) is 0 Å². The van der Waals surface area contributed by atoms with Crippen molar-refractivity contribution in [1.82, 2.24) is 4.72 Å². The minimum atomic E-state index is -3.54. The van der Waals surface area contributed by atoms with Gasteiger partial charge >= 0.3 is 0 Å². The van der Waals surface area contributed by atoms with Crippen LogP contribution in [0.4, 0.5) is 0 Å². The average Bonchev–Trinajstić information content (AvgIpc) is 2.70. The summed E-state index contributed by atoms with van der Waals surface area (Å²) in [5.74, 6) is 0.516. The number of sulfonamides is 1. The van der Waals surface area contributed by atoms with E-state index in [1.165, 1.54) is 11.1 Å². The van der Waals surface area contributed by atoms with Crippen LogP contribution in [0.3, 0.4) is 0 Å². The first-order chi connectivity index (χ1) is 12.9. The highest BCUT2D eigenvalue weighted by atomic mass is 32.2. The van der Waals surface area contributed by atoms with Gasteiger partial charge in [0.25, 0.3) is 0 Å². The molecular weight excluding hydrogens is 354 g/mol. The van der Waals surface area contributed by atoms with E-state index in [9.17, 15) is 8.42 Å². The molecule has 0 spiro atoms. The molecule has 0 saturated heterocycles. The summed E-state index contributed by atoms with van der Waals surface area (Å²) in [4.78, 5) is 0.331. The molecule has 0 aliphatic heterocycles. The molecule has 0 aliphatic rings. The minimum absolute atomic E-state index is 0.222. The van der Waals surface area contributed by atoms with Crippen molar-refractivity contribution >= 4 is 10.0 Å². The van der Waals surface area contributed by atoms with Gasteiger partial charge in [-0.05, 0) is 60.4 Å². The Morgan fingerprint density at radius 2 is 1.44 bits per heavy atom. The van der Waals surface area contributed by atoms with E-state index in [2.05, 4.69) is 37.6 Å². The van der Waals surface area contributed by atoms with Gasteiger partial charge in [-0.2, -0.15) is 0 Å². The van der Waals surface area contributed by atoms with E-state index < -0.39 is 10.0 Å². The number of benzene rings is 2. The second-order valence-electron chi connectivity index (χ2n) is 7.31. The lowest BCUT2D eigenvalue weighted by atomic mass is 9.96. The monoisotopic (exact) mass is 387 g/mol. The molecule has 1 N–H and O–H groups in total. The molecule has 0 aromatic heterocycles. The van der Waals surface area contributed by atoms with Crippen molar-refractivity contribution in [2.75, 3.05) is 0 Å². The van der Waals surface area contributed by atoms with Gasteiger partial charge in [0, 0.05) is 6.04 Å². The first-order valence-electron chi connectivity index (χ1n) is 10.1. The minimum Gasteiger partial charge on any atom is -0.207 e. The van der Waals surface area contributed by atoms with E-state index in [0.29, 0.717) is 17.2 Å². The summed E-state index contributed by atoms with van der Waals surface area (Å²) in [7, 11) is -3.54. The molecule has 0 aliphatic carbocycles. The normalized spacial score (nSPS) is 14.1. The fraction of sp³-hybridized carbons (Fsp3) is 0.478. The predicted molar refractivity (Wildman–Crippen MR) is 114 cm³/mol. The third-order valence-electron chi connectivity index (χ3n) is 5.28. The molecule has 148 valence electrons. The average molecular weight is 388 g/mol. The van der Waals surface area contributed by atoms with Crippen molar-refractivity contribution < 1.29 is 8.42 Å². The zero-order valence-electron chi connectivity index (χ0n) is 17.0. The van der Waals surface area contributed by atoms with Crippen LogP contribution in [0.15, 0.2) is 53.4 Å². The summed E-state index contributed by atoms with van der Waals surface area (Å²) in [6, 6.07) is 15.4. The van der Waals surface area contributed by atoms with Crippen LogP contribution in [0, 0.1) is 0 Å². The van der Waals surface area contributed by atoms with Crippen molar-refractivity contribution in [3.8, 4) is 0 Å². The molecule has 0 fully saturated rings. The lowest BCUT2D eigenvalue weighted by molar-refractivity contribution is 0.550. The summed E-state index contributed by atoms with van der Waals surface area (Å²) in [5.41, 5.74) is 3.48. The second kappa shape index (κ2) is 10.0. The Hall–Kier alpha value is -1.65. The van der Waals surface area contributed by atoms with Gasteiger partial charge in [0.05, 0.1) is 4.90 Å². The number of nitrogens with one attached hydrogen (secondary N) is 1. The molecular formula is C23H33NO2S. The van der Waals surface area contributed by atoms with E-state index >= 15 is 0 Å². The van der Waals surface area contributed by atoms with Crippen LogP contribution in [-0.2, 0) is 16.4 Å². The smallest absolute Gasteiger partial charge is 0.207 e. The SMILES string of the molecule is CCCCc1ccc(S(=O)(=O)NC(CC)c2ccc(C(C)CC)cc2)cc1. The largest absolute Gasteiger partial charge is 0.241 e. The molecule has 0 bridgehead atoms. The first-order valence-corrected chi connectivity index (χ1v) is 11.6. The summed E-state index contributed by atoms with van der Waals surface area (Å²) < 4.78 is 28.5. The molecule has 2 rings (SSSR count). The Bertz CT molecular complexity index is 795. The van der Waals surface area contributed by atoms with Crippen molar-refractivity contribution in [3.63, 3.8) is 0 Å². The van der Waals surface area contributed by atoms with Gasteiger partial charge in [-0.3, -0.25) is 0 Å². The summed E-state index contributed by atoms with van der Waals surface area (Å²) in [6.45, 7) is 8.54.